The third kappa shape index (κ3) is 7.76. The van der Waals surface area contributed by atoms with Gasteiger partial charge in [0, 0.05) is 11.3 Å². The average Bonchev–Trinajstić information content (AvgIpc) is 3.50. The van der Waals surface area contributed by atoms with Crippen molar-refractivity contribution in [1.82, 2.24) is 5.32 Å². The third-order valence-corrected chi connectivity index (χ3v) is 9.23. The molecule has 1 aliphatic rings. The second-order valence-electron chi connectivity index (χ2n) is 12.2. The molecule has 5 N–H and O–H groups in total. The molecule has 1 unspecified atom stereocenters. The highest BCUT2D eigenvalue weighted by Gasteiger charge is 2.34. The molecule has 0 aliphatic heterocycles. The molecule has 1 aliphatic carbocycles. The van der Waals surface area contributed by atoms with Crippen molar-refractivity contribution >= 4 is 17.7 Å². The predicted molar refractivity (Wildman–Crippen MR) is 202 cm³/mol. The van der Waals surface area contributed by atoms with E-state index in [1.54, 1.807) is 21.3 Å². The van der Waals surface area contributed by atoms with Crippen LogP contribution in [0, 0.1) is 0 Å². The van der Waals surface area contributed by atoms with Gasteiger partial charge in [0.15, 0.2) is 11.5 Å². The summed E-state index contributed by atoms with van der Waals surface area (Å²) in [5.74, 6) is 1.85. The number of hydrogen-bond donors (Lipinski definition) is 3. The highest BCUT2D eigenvalue weighted by molar-refractivity contribution is 5.81. The summed E-state index contributed by atoms with van der Waals surface area (Å²) in [6, 6.07) is 36.4. The Morgan fingerprint density at radius 3 is 1.81 bits per heavy atom. The van der Waals surface area contributed by atoms with Gasteiger partial charge in [0.1, 0.15) is 12.4 Å². The first-order valence-electron chi connectivity index (χ1n) is 16.9. The van der Waals surface area contributed by atoms with E-state index in [1.807, 2.05) is 85.8 Å². The molecule has 1 atom stereocenters. The van der Waals surface area contributed by atoms with Crippen LogP contribution in [0.3, 0.4) is 0 Å². The van der Waals surface area contributed by atoms with Gasteiger partial charge < -0.3 is 40.5 Å². The van der Waals surface area contributed by atoms with Crippen LogP contribution in [0.25, 0.3) is 11.1 Å². The Labute approximate surface area is 304 Å². The second kappa shape index (κ2) is 16.7. The smallest absolute Gasteiger partial charge is 0.407 e. The molecule has 5 aromatic carbocycles. The Hall–Kier alpha value is -6.16. The summed E-state index contributed by atoms with van der Waals surface area (Å²) in [6.07, 6.45) is -0.638. The number of ether oxygens (including phenoxy) is 5. The zero-order valence-electron chi connectivity index (χ0n) is 30.1. The lowest BCUT2D eigenvalue weighted by molar-refractivity contribution is -0.117. The van der Waals surface area contributed by atoms with Gasteiger partial charge in [0.05, 0.1) is 40.2 Å². The molecule has 0 radical (unpaired) electrons. The Bertz CT molecular complexity index is 1950. The molecule has 270 valence electrons. The lowest BCUT2D eigenvalue weighted by Crippen LogP contribution is -2.34. The third-order valence-electron chi connectivity index (χ3n) is 9.23. The summed E-state index contributed by atoms with van der Waals surface area (Å²) >= 11 is 0. The Morgan fingerprint density at radius 2 is 1.29 bits per heavy atom. The van der Waals surface area contributed by atoms with Crippen molar-refractivity contribution in [2.75, 3.05) is 46.8 Å². The fourth-order valence-electron chi connectivity index (χ4n) is 6.60. The quantitative estimate of drug-likeness (QED) is 0.0926. The molecule has 2 amide bonds. The number of hydrogen-bond acceptors (Lipinski definition) is 8. The number of benzene rings is 5. The summed E-state index contributed by atoms with van der Waals surface area (Å²) in [5.41, 5.74) is 19.1. The summed E-state index contributed by atoms with van der Waals surface area (Å²) in [7, 11) is 4.84. The van der Waals surface area contributed by atoms with Crippen LogP contribution in [-0.4, -0.2) is 53.1 Å². The lowest BCUT2D eigenvalue weighted by atomic mass is 9.71. The maximum Gasteiger partial charge on any atom is 0.407 e. The molecule has 10 heteroatoms. The Balaban J connectivity index is 0.000000210. The summed E-state index contributed by atoms with van der Waals surface area (Å²) in [5, 5.41) is 2.32. The van der Waals surface area contributed by atoms with Crippen LogP contribution in [0.5, 0.6) is 23.0 Å². The van der Waals surface area contributed by atoms with Crippen molar-refractivity contribution in [3.63, 3.8) is 0 Å². The zero-order valence-corrected chi connectivity index (χ0v) is 30.1. The SMILES string of the molecule is CCOc1ccc(C(C)(c2ccccc2)c2cc(OC)c(OC)c(OC)c2)cc1N.NC(=O)CNC(=O)OCC1c2ccccc2-c2ccccc21. The van der Waals surface area contributed by atoms with E-state index in [9.17, 15) is 9.59 Å². The minimum absolute atomic E-state index is 0.00623. The molecule has 0 spiro atoms. The molecule has 0 aromatic heterocycles. The number of amides is 2. The number of nitrogens with one attached hydrogen (secondary N) is 1. The summed E-state index contributed by atoms with van der Waals surface area (Å²) in [4.78, 5) is 22.2. The van der Waals surface area contributed by atoms with Gasteiger partial charge in [0.25, 0.3) is 0 Å². The van der Waals surface area contributed by atoms with Gasteiger partial charge >= 0.3 is 6.09 Å². The number of nitrogens with two attached hydrogens (primary N) is 2. The van der Waals surface area contributed by atoms with Crippen LogP contribution >= 0.6 is 0 Å². The van der Waals surface area contributed by atoms with Crippen LogP contribution in [0.15, 0.2) is 109 Å². The zero-order chi connectivity index (χ0) is 37.3. The fourth-order valence-corrected chi connectivity index (χ4v) is 6.60. The van der Waals surface area contributed by atoms with E-state index in [0.29, 0.717) is 35.3 Å². The molecule has 0 saturated carbocycles. The van der Waals surface area contributed by atoms with Gasteiger partial charge in [-0.3, -0.25) is 4.79 Å². The van der Waals surface area contributed by atoms with E-state index >= 15 is 0 Å². The van der Waals surface area contributed by atoms with Gasteiger partial charge in [-0.15, -0.1) is 0 Å². The van der Waals surface area contributed by atoms with Crippen molar-refractivity contribution in [2.24, 2.45) is 5.73 Å². The maximum atomic E-state index is 11.6. The van der Waals surface area contributed by atoms with Gasteiger partial charge in [0.2, 0.25) is 11.7 Å². The number of nitrogen functional groups attached to an aromatic ring is 1. The first-order valence-corrected chi connectivity index (χ1v) is 16.9. The largest absolute Gasteiger partial charge is 0.493 e. The number of carbonyl (C=O) groups is 2. The highest BCUT2D eigenvalue weighted by Crippen LogP contribution is 2.47. The van der Waals surface area contributed by atoms with Gasteiger partial charge in [-0.1, -0.05) is 84.9 Å². The van der Waals surface area contributed by atoms with Crippen molar-refractivity contribution < 1.29 is 33.3 Å². The molecular weight excluding hydrogens is 658 g/mol. The van der Waals surface area contributed by atoms with Crippen LogP contribution in [0.2, 0.25) is 0 Å². The molecule has 0 saturated heterocycles. The average molecular weight is 704 g/mol. The second-order valence-corrected chi connectivity index (χ2v) is 12.2. The summed E-state index contributed by atoms with van der Waals surface area (Å²) in [6.45, 7) is 4.66. The van der Waals surface area contributed by atoms with E-state index in [4.69, 9.17) is 35.2 Å². The van der Waals surface area contributed by atoms with E-state index in [1.165, 1.54) is 11.1 Å². The molecule has 5 aromatic rings. The minimum Gasteiger partial charge on any atom is -0.493 e. The number of primary amides is 1. The van der Waals surface area contributed by atoms with E-state index in [-0.39, 0.29) is 19.1 Å². The normalized spacial score (nSPS) is 12.6. The first kappa shape index (κ1) is 37.1. The standard InChI is InChI=1S/C25H29NO4.C17H16N2O3/c1-6-30-21-13-12-18(14-20(21)26)25(2,17-10-8-7-9-11-17)19-15-22(27-3)24(29-5)23(16-19)28-4;18-16(20)9-19-17(21)22-10-15-13-7-3-1-5-11(13)12-6-2-4-8-14(12)15/h7-16H,6,26H2,1-5H3;1-8,15H,9-10H2,(H2,18,20)(H,19,21). The number of alkyl carbamates (subject to hydrolysis) is 1. The van der Waals surface area contributed by atoms with Gasteiger partial charge in [-0.25, -0.2) is 4.79 Å². The molecule has 6 rings (SSSR count). The number of methoxy groups -OCH3 is 3. The van der Waals surface area contributed by atoms with Crippen molar-refractivity contribution in [3.05, 3.63) is 137 Å². The monoisotopic (exact) mass is 703 g/mol. The van der Waals surface area contributed by atoms with Gasteiger partial charge in [-0.2, -0.15) is 0 Å². The predicted octanol–water partition coefficient (Wildman–Crippen LogP) is 7.06. The number of anilines is 1. The first-order chi connectivity index (χ1) is 25.2. The molecule has 0 bridgehead atoms. The van der Waals surface area contributed by atoms with Crippen molar-refractivity contribution in [2.45, 2.75) is 25.2 Å². The van der Waals surface area contributed by atoms with Crippen LogP contribution in [-0.2, 0) is 14.9 Å². The molecule has 0 heterocycles. The Morgan fingerprint density at radius 1 is 0.712 bits per heavy atom. The summed E-state index contributed by atoms with van der Waals surface area (Å²) < 4.78 is 27.6. The molecular formula is C42H45N3O7. The minimum atomic E-state index is -0.638. The number of carbonyl (C=O) groups excluding carboxylic acids is 2. The molecule has 10 nitrogen and oxygen atoms in total. The number of fused-ring (bicyclic) bond motifs is 3. The van der Waals surface area contributed by atoms with Crippen LogP contribution in [0.1, 0.15) is 47.6 Å². The lowest BCUT2D eigenvalue weighted by Gasteiger charge is -2.33. The van der Waals surface area contributed by atoms with Crippen molar-refractivity contribution in [3.8, 4) is 34.1 Å². The Kier molecular flexibility index (Phi) is 11.9. The maximum absolute atomic E-state index is 11.6. The van der Waals surface area contributed by atoms with E-state index < -0.39 is 17.4 Å². The highest BCUT2D eigenvalue weighted by atomic mass is 16.5. The number of rotatable bonds is 12. The van der Waals surface area contributed by atoms with Crippen LogP contribution < -0.4 is 35.7 Å². The van der Waals surface area contributed by atoms with Crippen molar-refractivity contribution in [1.29, 1.82) is 0 Å². The topological polar surface area (TPSA) is 144 Å². The fraction of sp³-hybridized carbons (Fsp3) is 0.238. The van der Waals surface area contributed by atoms with E-state index in [0.717, 1.165) is 27.8 Å². The van der Waals surface area contributed by atoms with E-state index in [2.05, 4.69) is 42.6 Å². The van der Waals surface area contributed by atoms with Crippen LogP contribution in [0.4, 0.5) is 10.5 Å². The van der Waals surface area contributed by atoms with Gasteiger partial charge in [-0.05, 0) is 77.1 Å². The molecule has 52 heavy (non-hydrogen) atoms. The molecule has 0 fully saturated rings.